The van der Waals surface area contributed by atoms with E-state index in [4.69, 9.17) is 22.7 Å². The highest BCUT2D eigenvalue weighted by Gasteiger charge is 2.02. The van der Waals surface area contributed by atoms with E-state index in [1.807, 2.05) is 6.92 Å². The molecule has 0 radical (unpaired) electrons. The summed E-state index contributed by atoms with van der Waals surface area (Å²) in [6, 6.07) is 5.35. The standard InChI is InChI=1S/C8H9ClN2/c1-5-6(8(10)11)3-2-4-7(5)9/h2-4H,1H3,(H3,10,11). The third-order valence-electron chi connectivity index (χ3n) is 1.56. The van der Waals surface area contributed by atoms with Gasteiger partial charge < -0.3 is 5.73 Å². The van der Waals surface area contributed by atoms with Gasteiger partial charge in [-0.2, -0.15) is 0 Å². The Bertz CT molecular complexity index is 294. The third kappa shape index (κ3) is 1.52. The predicted molar refractivity (Wildman–Crippen MR) is 47.2 cm³/mol. The largest absolute Gasteiger partial charge is 0.384 e. The third-order valence-corrected chi connectivity index (χ3v) is 1.97. The summed E-state index contributed by atoms with van der Waals surface area (Å²) in [5.41, 5.74) is 6.88. The van der Waals surface area contributed by atoms with Gasteiger partial charge in [-0.25, -0.2) is 0 Å². The Labute approximate surface area is 70.5 Å². The topological polar surface area (TPSA) is 49.9 Å². The molecule has 0 fully saturated rings. The summed E-state index contributed by atoms with van der Waals surface area (Å²) < 4.78 is 0. The van der Waals surface area contributed by atoms with Crippen LogP contribution < -0.4 is 5.73 Å². The zero-order valence-electron chi connectivity index (χ0n) is 6.19. The fraction of sp³-hybridized carbons (Fsp3) is 0.125. The van der Waals surface area contributed by atoms with Crippen molar-refractivity contribution < 1.29 is 0 Å². The number of halogens is 1. The monoisotopic (exact) mass is 168 g/mol. The van der Waals surface area contributed by atoms with Crippen molar-refractivity contribution in [1.82, 2.24) is 0 Å². The van der Waals surface area contributed by atoms with Crippen LogP contribution in [0.15, 0.2) is 18.2 Å². The Morgan fingerprint density at radius 2 is 2.18 bits per heavy atom. The first kappa shape index (κ1) is 8.08. The van der Waals surface area contributed by atoms with Crippen molar-refractivity contribution in [3.05, 3.63) is 34.3 Å². The van der Waals surface area contributed by atoms with Gasteiger partial charge in [-0.05, 0) is 18.6 Å². The molecule has 58 valence electrons. The van der Waals surface area contributed by atoms with Gasteiger partial charge in [0.25, 0.3) is 0 Å². The van der Waals surface area contributed by atoms with Crippen LogP contribution in [0.25, 0.3) is 0 Å². The molecule has 0 aliphatic carbocycles. The minimum Gasteiger partial charge on any atom is -0.384 e. The fourth-order valence-corrected chi connectivity index (χ4v) is 1.07. The number of nitrogens with one attached hydrogen (secondary N) is 1. The van der Waals surface area contributed by atoms with E-state index < -0.39 is 0 Å². The van der Waals surface area contributed by atoms with Crippen molar-refractivity contribution >= 4 is 17.4 Å². The van der Waals surface area contributed by atoms with Crippen LogP contribution in [0.2, 0.25) is 5.02 Å². The molecule has 2 nitrogen and oxygen atoms in total. The van der Waals surface area contributed by atoms with Gasteiger partial charge >= 0.3 is 0 Å². The molecule has 3 N–H and O–H groups in total. The second kappa shape index (κ2) is 2.93. The molecule has 0 amide bonds. The minimum atomic E-state index is 0.0602. The molecule has 0 aliphatic heterocycles. The Balaban J connectivity index is 3.27. The van der Waals surface area contributed by atoms with Crippen LogP contribution in [0.5, 0.6) is 0 Å². The molecule has 0 aromatic heterocycles. The maximum absolute atomic E-state index is 7.19. The SMILES string of the molecule is Cc1c(Cl)cccc1C(=N)N. The van der Waals surface area contributed by atoms with Crippen LogP contribution in [0, 0.1) is 12.3 Å². The Hall–Kier alpha value is -1.02. The molecule has 0 spiro atoms. The van der Waals surface area contributed by atoms with Crippen molar-refractivity contribution in [3.8, 4) is 0 Å². The quantitative estimate of drug-likeness (QED) is 0.489. The summed E-state index contributed by atoms with van der Waals surface area (Å²) in [4.78, 5) is 0. The molecule has 1 rings (SSSR count). The van der Waals surface area contributed by atoms with Crippen molar-refractivity contribution in [2.45, 2.75) is 6.92 Å². The van der Waals surface area contributed by atoms with Crippen LogP contribution in [-0.4, -0.2) is 5.84 Å². The van der Waals surface area contributed by atoms with Gasteiger partial charge in [0.2, 0.25) is 0 Å². The maximum atomic E-state index is 7.19. The second-order valence-corrected chi connectivity index (χ2v) is 2.73. The van der Waals surface area contributed by atoms with Crippen molar-refractivity contribution in [2.75, 3.05) is 0 Å². The summed E-state index contributed by atoms with van der Waals surface area (Å²) in [6.45, 7) is 1.85. The van der Waals surface area contributed by atoms with Crippen molar-refractivity contribution in [3.63, 3.8) is 0 Å². The normalized spacial score (nSPS) is 9.64. The van der Waals surface area contributed by atoms with E-state index in [2.05, 4.69) is 0 Å². The van der Waals surface area contributed by atoms with E-state index >= 15 is 0 Å². The second-order valence-electron chi connectivity index (χ2n) is 2.33. The molecular formula is C8H9ClN2. The van der Waals surface area contributed by atoms with Gasteiger partial charge in [-0.15, -0.1) is 0 Å². The van der Waals surface area contributed by atoms with E-state index in [-0.39, 0.29) is 5.84 Å². The summed E-state index contributed by atoms with van der Waals surface area (Å²) in [5, 5.41) is 7.84. The summed E-state index contributed by atoms with van der Waals surface area (Å²) in [5.74, 6) is 0.0602. The van der Waals surface area contributed by atoms with Crippen LogP contribution in [0.4, 0.5) is 0 Å². The summed E-state index contributed by atoms with van der Waals surface area (Å²) >= 11 is 5.81. The first-order valence-corrected chi connectivity index (χ1v) is 3.60. The van der Waals surface area contributed by atoms with E-state index in [0.29, 0.717) is 10.6 Å². The maximum Gasteiger partial charge on any atom is 0.123 e. The molecule has 0 bridgehead atoms. The van der Waals surface area contributed by atoms with Crippen LogP contribution in [-0.2, 0) is 0 Å². The molecule has 0 heterocycles. The molecular weight excluding hydrogens is 160 g/mol. The molecule has 1 aromatic carbocycles. The number of nitrogen functional groups attached to an aromatic ring is 1. The van der Waals surface area contributed by atoms with E-state index in [0.717, 1.165) is 5.56 Å². The lowest BCUT2D eigenvalue weighted by Gasteiger charge is -2.03. The molecule has 0 unspecified atom stereocenters. The highest BCUT2D eigenvalue weighted by atomic mass is 35.5. The number of hydrogen-bond acceptors (Lipinski definition) is 1. The number of hydrogen-bond donors (Lipinski definition) is 2. The first-order valence-electron chi connectivity index (χ1n) is 3.22. The molecule has 1 aromatic rings. The lowest BCUT2D eigenvalue weighted by molar-refractivity contribution is 1.37. The van der Waals surface area contributed by atoms with E-state index in [1.54, 1.807) is 18.2 Å². The van der Waals surface area contributed by atoms with Crippen molar-refractivity contribution in [2.24, 2.45) is 5.73 Å². The van der Waals surface area contributed by atoms with Gasteiger partial charge in [0.05, 0.1) is 0 Å². The highest BCUT2D eigenvalue weighted by Crippen LogP contribution is 2.17. The first-order chi connectivity index (χ1) is 5.13. The number of benzene rings is 1. The highest BCUT2D eigenvalue weighted by molar-refractivity contribution is 6.31. The number of amidine groups is 1. The average molecular weight is 169 g/mol. The summed E-state index contributed by atoms with van der Waals surface area (Å²) in [7, 11) is 0. The molecule has 11 heavy (non-hydrogen) atoms. The molecule has 0 aliphatic rings. The van der Waals surface area contributed by atoms with Gasteiger partial charge in [0.15, 0.2) is 0 Å². The van der Waals surface area contributed by atoms with Crippen LogP contribution in [0.1, 0.15) is 11.1 Å². The van der Waals surface area contributed by atoms with Crippen LogP contribution >= 0.6 is 11.6 Å². The molecule has 0 atom stereocenters. The minimum absolute atomic E-state index is 0.0602. The predicted octanol–water partition coefficient (Wildman–Crippen LogP) is 1.93. The number of nitrogens with two attached hydrogens (primary N) is 1. The zero-order chi connectivity index (χ0) is 8.43. The van der Waals surface area contributed by atoms with Gasteiger partial charge in [0, 0.05) is 10.6 Å². The van der Waals surface area contributed by atoms with Gasteiger partial charge in [-0.1, -0.05) is 23.7 Å². The van der Waals surface area contributed by atoms with Crippen molar-refractivity contribution in [1.29, 1.82) is 5.41 Å². The average Bonchev–Trinajstić information content (AvgIpc) is 1.94. The van der Waals surface area contributed by atoms with Crippen LogP contribution in [0.3, 0.4) is 0 Å². The number of rotatable bonds is 1. The zero-order valence-corrected chi connectivity index (χ0v) is 6.94. The Morgan fingerprint density at radius 1 is 1.55 bits per heavy atom. The molecule has 3 heteroatoms. The summed E-state index contributed by atoms with van der Waals surface area (Å²) in [6.07, 6.45) is 0. The fourth-order valence-electron chi connectivity index (χ4n) is 0.899. The Morgan fingerprint density at radius 3 is 2.64 bits per heavy atom. The van der Waals surface area contributed by atoms with E-state index in [1.165, 1.54) is 0 Å². The lowest BCUT2D eigenvalue weighted by Crippen LogP contribution is -2.12. The van der Waals surface area contributed by atoms with Gasteiger partial charge in [0.1, 0.15) is 5.84 Å². The smallest absolute Gasteiger partial charge is 0.123 e. The lowest BCUT2D eigenvalue weighted by atomic mass is 10.1. The van der Waals surface area contributed by atoms with E-state index in [9.17, 15) is 0 Å². The molecule has 0 saturated carbocycles. The Kier molecular flexibility index (Phi) is 2.15. The molecule has 0 saturated heterocycles. The van der Waals surface area contributed by atoms with Gasteiger partial charge in [-0.3, -0.25) is 5.41 Å².